The lowest BCUT2D eigenvalue weighted by atomic mass is 9.99. The van der Waals surface area contributed by atoms with Crippen LogP contribution in [0, 0.1) is 0 Å². The third kappa shape index (κ3) is 1.98. The van der Waals surface area contributed by atoms with Crippen LogP contribution in [0.25, 0.3) is 32.8 Å². The molecule has 0 fully saturated rings. The number of rotatable bonds is 1. The molecule has 4 aromatic rings. The lowest BCUT2D eigenvalue weighted by Gasteiger charge is -2.06. The zero-order chi connectivity index (χ0) is 14.2. The molecule has 4 rings (SSSR count). The molecule has 21 heavy (non-hydrogen) atoms. The maximum absolute atomic E-state index is 2.30. The van der Waals surface area contributed by atoms with Crippen molar-refractivity contribution in [3.8, 4) is 11.1 Å². The second-order valence-electron chi connectivity index (χ2n) is 5.43. The van der Waals surface area contributed by atoms with Crippen LogP contribution < -0.4 is 4.57 Å². The molecular weight excluding hydrogens is 254 g/mol. The van der Waals surface area contributed by atoms with E-state index in [0.717, 1.165) is 0 Å². The van der Waals surface area contributed by atoms with Gasteiger partial charge in [-0.3, -0.25) is 0 Å². The summed E-state index contributed by atoms with van der Waals surface area (Å²) in [6.07, 6.45) is 2.20. The Bertz CT molecular complexity index is 940. The molecule has 1 nitrogen and oxygen atoms in total. The SMILES string of the molecule is C[n+]1cc2ccc(-c3ccccc3)cc2c2ccccc21. The zero-order valence-corrected chi connectivity index (χ0v) is 12.0. The molecule has 0 aliphatic carbocycles. The van der Waals surface area contributed by atoms with Crippen LogP contribution in [-0.2, 0) is 7.05 Å². The molecule has 0 radical (unpaired) electrons. The lowest BCUT2D eigenvalue weighted by molar-refractivity contribution is -0.643. The highest BCUT2D eigenvalue weighted by molar-refractivity contribution is 6.05. The van der Waals surface area contributed by atoms with E-state index in [-0.39, 0.29) is 0 Å². The number of benzene rings is 3. The molecule has 0 aliphatic heterocycles. The Labute approximate surface area is 124 Å². The summed E-state index contributed by atoms with van der Waals surface area (Å²) in [6.45, 7) is 0. The molecule has 100 valence electrons. The van der Waals surface area contributed by atoms with Gasteiger partial charge in [0.25, 0.3) is 0 Å². The molecule has 1 heterocycles. The van der Waals surface area contributed by atoms with Crippen molar-refractivity contribution in [1.29, 1.82) is 0 Å². The maximum atomic E-state index is 2.30. The van der Waals surface area contributed by atoms with E-state index in [2.05, 4.69) is 90.6 Å². The van der Waals surface area contributed by atoms with Crippen molar-refractivity contribution >= 4 is 21.7 Å². The van der Waals surface area contributed by atoms with Gasteiger partial charge >= 0.3 is 0 Å². The van der Waals surface area contributed by atoms with Gasteiger partial charge < -0.3 is 0 Å². The number of fused-ring (bicyclic) bond motifs is 3. The van der Waals surface area contributed by atoms with E-state index in [0.29, 0.717) is 0 Å². The van der Waals surface area contributed by atoms with Crippen molar-refractivity contribution in [1.82, 2.24) is 0 Å². The Morgan fingerprint density at radius 2 is 1.43 bits per heavy atom. The number of hydrogen-bond donors (Lipinski definition) is 0. The number of nitrogens with zero attached hydrogens (tertiary/aromatic N) is 1. The molecule has 3 aromatic carbocycles. The average molecular weight is 270 g/mol. The topological polar surface area (TPSA) is 3.88 Å². The predicted octanol–water partition coefficient (Wildman–Crippen LogP) is 4.48. The standard InChI is InChI=1S/C20H16N/c1-21-14-17-12-11-16(15-7-3-2-4-8-15)13-19(17)18-9-5-6-10-20(18)21/h2-14H,1H3/q+1. The molecular formula is C20H16N+. The molecule has 0 amide bonds. The molecule has 0 atom stereocenters. The van der Waals surface area contributed by atoms with Crippen molar-refractivity contribution in [2.45, 2.75) is 0 Å². The van der Waals surface area contributed by atoms with Crippen LogP contribution in [-0.4, -0.2) is 0 Å². The Hall–Kier alpha value is -2.67. The summed E-state index contributed by atoms with van der Waals surface area (Å²) in [5.41, 5.74) is 3.79. The van der Waals surface area contributed by atoms with Gasteiger partial charge in [-0.1, -0.05) is 48.5 Å². The van der Waals surface area contributed by atoms with Gasteiger partial charge in [-0.05, 0) is 29.3 Å². The minimum atomic E-state index is 1.26. The zero-order valence-electron chi connectivity index (χ0n) is 12.0. The number of hydrogen-bond acceptors (Lipinski definition) is 0. The number of pyridine rings is 1. The van der Waals surface area contributed by atoms with Crippen molar-refractivity contribution < 1.29 is 4.57 Å². The van der Waals surface area contributed by atoms with Crippen molar-refractivity contribution in [2.24, 2.45) is 7.05 Å². The van der Waals surface area contributed by atoms with Crippen molar-refractivity contribution in [3.63, 3.8) is 0 Å². The largest absolute Gasteiger partial charge is 0.212 e. The Kier molecular flexibility index (Phi) is 2.71. The molecule has 0 bridgehead atoms. The highest BCUT2D eigenvalue weighted by Crippen LogP contribution is 2.28. The molecule has 0 saturated carbocycles. The third-order valence-electron chi connectivity index (χ3n) is 4.07. The quantitative estimate of drug-likeness (QED) is 0.354. The maximum Gasteiger partial charge on any atom is 0.212 e. The first-order valence-electron chi connectivity index (χ1n) is 7.19. The number of aryl methyl sites for hydroxylation is 1. The van der Waals surface area contributed by atoms with Crippen LogP contribution in [0.1, 0.15) is 0 Å². The second-order valence-corrected chi connectivity index (χ2v) is 5.43. The van der Waals surface area contributed by atoms with Gasteiger partial charge in [0, 0.05) is 16.8 Å². The van der Waals surface area contributed by atoms with E-state index in [1.54, 1.807) is 0 Å². The van der Waals surface area contributed by atoms with Crippen LogP contribution in [0.5, 0.6) is 0 Å². The third-order valence-corrected chi connectivity index (χ3v) is 4.07. The van der Waals surface area contributed by atoms with E-state index in [4.69, 9.17) is 0 Å². The minimum absolute atomic E-state index is 1.26. The lowest BCUT2D eigenvalue weighted by Crippen LogP contribution is -2.28. The van der Waals surface area contributed by atoms with Crippen LogP contribution in [0.3, 0.4) is 0 Å². The molecule has 0 N–H and O–H groups in total. The van der Waals surface area contributed by atoms with Gasteiger partial charge in [0.1, 0.15) is 7.05 Å². The molecule has 0 unspecified atom stereocenters. The van der Waals surface area contributed by atoms with Crippen LogP contribution in [0.2, 0.25) is 0 Å². The molecule has 1 aromatic heterocycles. The summed E-state index contributed by atoms with van der Waals surface area (Å²) in [7, 11) is 2.10. The van der Waals surface area contributed by atoms with E-state index < -0.39 is 0 Å². The Morgan fingerprint density at radius 3 is 2.29 bits per heavy atom. The summed E-state index contributed by atoms with van der Waals surface area (Å²) in [5, 5.41) is 3.89. The average Bonchev–Trinajstić information content (AvgIpc) is 2.56. The first kappa shape index (κ1) is 12.1. The monoisotopic (exact) mass is 270 g/mol. The van der Waals surface area contributed by atoms with Gasteiger partial charge in [-0.2, -0.15) is 0 Å². The first-order chi connectivity index (χ1) is 10.3. The molecule has 0 aliphatic rings. The Balaban J connectivity index is 2.07. The fourth-order valence-electron chi connectivity index (χ4n) is 3.00. The number of aromatic nitrogens is 1. The van der Waals surface area contributed by atoms with E-state index >= 15 is 0 Å². The summed E-state index contributed by atoms with van der Waals surface area (Å²) in [6, 6.07) is 25.8. The normalized spacial score (nSPS) is 11.1. The Morgan fingerprint density at radius 1 is 0.667 bits per heavy atom. The fourth-order valence-corrected chi connectivity index (χ4v) is 3.00. The smallest absolute Gasteiger partial charge is 0.200 e. The van der Waals surface area contributed by atoms with E-state index in [1.165, 1.54) is 32.8 Å². The van der Waals surface area contributed by atoms with E-state index in [9.17, 15) is 0 Å². The summed E-state index contributed by atoms with van der Waals surface area (Å²) in [4.78, 5) is 0. The van der Waals surface area contributed by atoms with Gasteiger partial charge in [0.15, 0.2) is 6.20 Å². The molecule has 0 saturated heterocycles. The molecule has 0 spiro atoms. The highest BCUT2D eigenvalue weighted by atomic mass is 14.9. The first-order valence-corrected chi connectivity index (χ1v) is 7.19. The summed E-state index contributed by atoms with van der Waals surface area (Å²) >= 11 is 0. The second kappa shape index (κ2) is 4.71. The summed E-state index contributed by atoms with van der Waals surface area (Å²) < 4.78 is 2.19. The van der Waals surface area contributed by atoms with Crippen LogP contribution >= 0.6 is 0 Å². The van der Waals surface area contributed by atoms with Gasteiger partial charge in [0.05, 0.1) is 5.39 Å². The molecule has 1 heteroatoms. The van der Waals surface area contributed by atoms with Gasteiger partial charge in [-0.15, -0.1) is 0 Å². The summed E-state index contributed by atoms with van der Waals surface area (Å²) in [5.74, 6) is 0. The van der Waals surface area contributed by atoms with Crippen molar-refractivity contribution in [2.75, 3.05) is 0 Å². The van der Waals surface area contributed by atoms with Gasteiger partial charge in [-0.25, -0.2) is 4.57 Å². The predicted molar refractivity (Wildman–Crippen MR) is 88.1 cm³/mol. The minimum Gasteiger partial charge on any atom is -0.200 e. The van der Waals surface area contributed by atoms with Crippen molar-refractivity contribution in [3.05, 3.63) is 79.0 Å². The van der Waals surface area contributed by atoms with E-state index in [1.807, 2.05) is 0 Å². The van der Waals surface area contributed by atoms with Crippen LogP contribution in [0.4, 0.5) is 0 Å². The highest BCUT2D eigenvalue weighted by Gasteiger charge is 2.10. The number of para-hydroxylation sites is 1. The fraction of sp³-hybridized carbons (Fsp3) is 0.0500. The van der Waals surface area contributed by atoms with Crippen LogP contribution in [0.15, 0.2) is 79.0 Å². The van der Waals surface area contributed by atoms with Gasteiger partial charge in [0.2, 0.25) is 5.52 Å².